The monoisotopic (exact) mass is 493 g/mol. The molecule has 0 bridgehead atoms. The standard InChI is InChI=1S/C29H29F2NO4/c1-29(17-22-6-2-3-8-25(22)31)18-23-15-21(9-11-26(23)36-29)10-12-27(33)32(19-28(34)35)14-13-20-5-4-7-24(30)16-20/h2-9,11,15-16H,10,12-14,17-19H2,1H3,(H,34,35)/t29-/m0/s1. The van der Waals surface area contributed by atoms with Crippen LogP contribution in [0.2, 0.25) is 0 Å². The molecule has 7 heteroatoms. The van der Waals surface area contributed by atoms with Gasteiger partial charge in [-0.1, -0.05) is 42.5 Å². The maximum absolute atomic E-state index is 14.2. The average Bonchev–Trinajstić information content (AvgIpc) is 3.16. The molecule has 0 saturated heterocycles. The summed E-state index contributed by atoms with van der Waals surface area (Å²) in [5, 5.41) is 9.25. The summed E-state index contributed by atoms with van der Waals surface area (Å²) in [4.78, 5) is 25.4. The zero-order valence-electron chi connectivity index (χ0n) is 20.2. The summed E-state index contributed by atoms with van der Waals surface area (Å²) in [6, 6.07) is 18.5. The van der Waals surface area contributed by atoms with Crippen molar-refractivity contribution < 1.29 is 28.2 Å². The van der Waals surface area contributed by atoms with Crippen LogP contribution in [0.4, 0.5) is 8.78 Å². The summed E-state index contributed by atoms with van der Waals surface area (Å²) < 4.78 is 33.8. The minimum Gasteiger partial charge on any atom is -0.487 e. The molecule has 0 aromatic heterocycles. The zero-order chi connectivity index (χ0) is 25.7. The van der Waals surface area contributed by atoms with Crippen LogP contribution in [0.15, 0.2) is 66.7 Å². The normalized spacial score (nSPS) is 16.3. The molecule has 0 fully saturated rings. The smallest absolute Gasteiger partial charge is 0.323 e. The predicted octanol–water partition coefficient (Wildman–Crippen LogP) is 4.99. The molecule has 0 spiro atoms. The Morgan fingerprint density at radius 2 is 1.78 bits per heavy atom. The highest BCUT2D eigenvalue weighted by Crippen LogP contribution is 2.38. The Morgan fingerprint density at radius 1 is 1.00 bits per heavy atom. The number of nitrogens with zero attached hydrogens (tertiary/aromatic N) is 1. The van der Waals surface area contributed by atoms with Crippen LogP contribution in [0.5, 0.6) is 5.75 Å². The molecule has 188 valence electrons. The van der Waals surface area contributed by atoms with Crippen LogP contribution in [-0.2, 0) is 35.3 Å². The van der Waals surface area contributed by atoms with Crippen molar-refractivity contribution >= 4 is 11.9 Å². The molecule has 1 N–H and O–H groups in total. The first-order valence-electron chi connectivity index (χ1n) is 12.0. The first-order chi connectivity index (χ1) is 17.2. The summed E-state index contributed by atoms with van der Waals surface area (Å²) in [5.41, 5.74) is 2.70. The highest BCUT2D eigenvalue weighted by Gasteiger charge is 2.35. The summed E-state index contributed by atoms with van der Waals surface area (Å²) >= 11 is 0. The maximum atomic E-state index is 14.2. The first kappa shape index (κ1) is 25.4. The summed E-state index contributed by atoms with van der Waals surface area (Å²) in [7, 11) is 0. The van der Waals surface area contributed by atoms with Crippen molar-refractivity contribution in [3.63, 3.8) is 0 Å². The minimum atomic E-state index is -1.09. The number of aliphatic carboxylic acids is 1. The van der Waals surface area contributed by atoms with Crippen molar-refractivity contribution in [2.75, 3.05) is 13.1 Å². The molecule has 36 heavy (non-hydrogen) atoms. The lowest BCUT2D eigenvalue weighted by molar-refractivity contribution is -0.144. The predicted molar refractivity (Wildman–Crippen MR) is 132 cm³/mol. The molecular formula is C29H29F2NO4. The molecule has 1 amide bonds. The third-order valence-electron chi connectivity index (χ3n) is 6.43. The van der Waals surface area contributed by atoms with E-state index in [0.29, 0.717) is 36.8 Å². The van der Waals surface area contributed by atoms with E-state index < -0.39 is 18.1 Å². The van der Waals surface area contributed by atoms with Crippen molar-refractivity contribution in [1.29, 1.82) is 0 Å². The quantitative estimate of drug-likeness (QED) is 0.432. The number of carbonyl (C=O) groups is 2. The van der Waals surface area contributed by atoms with Gasteiger partial charge in [-0.3, -0.25) is 9.59 Å². The number of aryl methyl sites for hydroxylation is 1. The summed E-state index contributed by atoms with van der Waals surface area (Å²) in [5.74, 6) is -1.22. The Bertz CT molecular complexity index is 1260. The number of carbonyl (C=O) groups excluding carboxylic acids is 1. The van der Waals surface area contributed by atoms with E-state index in [1.807, 2.05) is 31.2 Å². The lowest BCUT2D eigenvalue weighted by Crippen LogP contribution is -2.37. The summed E-state index contributed by atoms with van der Waals surface area (Å²) in [6.07, 6.45) is 2.04. The first-order valence-corrected chi connectivity index (χ1v) is 12.0. The molecule has 1 aliphatic heterocycles. The van der Waals surface area contributed by atoms with Crippen LogP contribution in [0, 0.1) is 11.6 Å². The molecule has 0 unspecified atom stereocenters. The Kier molecular flexibility index (Phi) is 7.67. The Labute approximate surface area is 209 Å². The number of carboxylic acid groups (broad SMARTS) is 1. The third kappa shape index (κ3) is 6.47. The number of amides is 1. The molecule has 0 saturated carbocycles. The van der Waals surface area contributed by atoms with Crippen LogP contribution >= 0.6 is 0 Å². The van der Waals surface area contributed by atoms with Gasteiger partial charge in [-0.15, -0.1) is 0 Å². The van der Waals surface area contributed by atoms with E-state index >= 15 is 0 Å². The molecule has 3 aromatic carbocycles. The lowest BCUT2D eigenvalue weighted by atomic mass is 9.91. The number of halogens is 2. The van der Waals surface area contributed by atoms with Crippen molar-refractivity contribution in [2.24, 2.45) is 0 Å². The number of hydrogen-bond donors (Lipinski definition) is 1. The number of fused-ring (bicyclic) bond motifs is 1. The fourth-order valence-electron chi connectivity index (χ4n) is 4.69. The highest BCUT2D eigenvalue weighted by atomic mass is 19.1. The van der Waals surface area contributed by atoms with Crippen molar-refractivity contribution in [2.45, 2.75) is 44.6 Å². The molecule has 5 nitrogen and oxygen atoms in total. The van der Waals surface area contributed by atoms with Gasteiger partial charge in [0.15, 0.2) is 0 Å². The van der Waals surface area contributed by atoms with Gasteiger partial charge in [0.05, 0.1) is 0 Å². The van der Waals surface area contributed by atoms with Gasteiger partial charge in [-0.05, 0) is 66.3 Å². The molecule has 1 heterocycles. The van der Waals surface area contributed by atoms with Gasteiger partial charge in [0.1, 0.15) is 29.5 Å². The van der Waals surface area contributed by atoms with E-state index in [9.17, 15) is 23.5 Å². The van der Waals surface area contributed by atoms with E-state index in [1.54, 1.807) is 24.3 Å². The van der Waals surface area contributed by atoms with Crippen LogP contribution in [0.25, 0.3) is 0 Å². The second-order valence-corrected chi connectivity index (χ2v) is 9.53. The molecule has 1 atom stereocenters. The van der Waals surface area contributed by atoms with E-state index in [-0.39, 0.29) is 30.5 Å². The molecule has 4 rings (SSSR count). The zero-order valence-corrected chi connectivity index (χ0v) is 20.2. The summed E-state index contributed by atoms with van der Waals surface area (Å²) in [6.45, 7) is 1.76. The van der Waals surface area contributed by atoms with E-state index in [1.165, 1.54) is 23.1 Å². The Balaban J connectivity index is 1.36. The molecule has 0 aliphatic carbocycles. The van der Waals surface area contributed by atoms with E-state index in [4.69, 9.17) is 4.74 Å². The third-order valence-corrected chi connectivity index (χ3v) is 6.43. The number of carboxylic acids is 1. The minimum absolute atomic E-state index is 0.155. The van der Waals surface area contributed by atoms with Gasteiger partial charge in [-0.25, -0.2) is 8.78 Å². The van der Waals surface area contributed by atoms with Crippen LogP contribution in [0.3, 0.4) is 0 Å². The van der Waals surface area contributed by atoms with Gasteiger partial charge >= 0.3 is 5.97 Å². The number of rotatable bonds is 10. The van der Waals surface area contributed by atoms with Gasteiger partial charge in [-0.2, -0.15) is 0 Å². The number of hydrogen-bond acceptors (Lipinski definition) is 3. The number of benzene rings is 3. The molecule has 0 radical (unpaired) electrons. The SMILES string of the molecule is C[C@]1(Cc2ccccc2F)Cc2cc(CCC(=O)N(CCc3cccc(F)c3)CC(=O)O)ccc2O1. The van der Waals surface area contributed by atoms with Crippen LogP contribution in [0.1, 0.15) is 35.6 Å². The molecular weight excluding hydrogens is 464 g/mol. The van der Waals surface area contributed by atoms with Crippen molar-refractivity contribution in [3.8, 4) is 5.75 Å². The highest BCUT2D eigenvalue weighted by molar-refractivity contribution is 5.81. The topological polar surface area (TPSA) is 66.8 Å². The second kappa shape index (κ2) is 10.9. The van der Waals surface area contributed by atoms with Crippen molar-refractivity contribution in [3.05, 3.63) is 101 Å². The second-order valence-electron chi connectivity index (χ2n) is 9.53. The van der Waals surface area contributed by atoms with Gasteiger partial charge in [0.2, 0.25) is 5.91 Å². The van der Waals surface area contributed by atoms with Crippen LogP contribution in [-0.4, -0.2) is 40.6 Å². The van der Waals surface area contributed by atoms with Gasteiger partial charge in [0.25, 0.3) is 0 Å². The lowest BCUT2D eigenvalue weighted by Gasteiger charge is -2.24. The molecule has 1 aliphatic rings. The van der Waals surface area contributed by atoms with Crippen LogP contribution < -0.4 is 4.74 Å². The maximum Gasteiger partial charge on any atom is 0.323 e. The molecule has 3 aromatic rings. The van der Waals surface area contributed by atoms with Gasteiger partial charge in [0, 0.05) is 25.8 Å². The van der Waals surface area contributed by atoms with E-state index in [2.05, 4.69) is 0 Å². The number of ether oxygens (including phenoxy) is 1. The van der Waals surface area contributed by atoms with E-state index in [0.717, 1.165) is 16.9 Å². The average molecular weight is 494 g/mol. The van der Waals surface area contributed by atoms with Gasteiger partial charge < -0.3 is 14.7 Å². The Hall–Kier alpha value is -3.74. The largest absolute Gasteiger partial charge is 0.487 e. The fraction of sp³-hybridized carbons (Fsp3) is 0.310. The Morgan fingerprint density at radius 3 is 2.53 bits per heavy atom. The fourth-order valence-corrected chi connectivity index (χ4v) is 4.69. The van der Waals surface area contributed by atoms with Crippen molar-refractivity contribution in [1.82, 2.24) is 4.90 Å².